The molecule has 0 aliphatic carbocycles. The first-order chi connectivity index (χ1) is 9.20. The third-order valence-electron chi connectivity index (χ3n) is 3.51. The highest BCUT2D eigenvalue weighted by Crippen LogP contribution is 2.21. The summed E-state index contributed by atoms with van der Waals surface area (Å²) in [5.74, 6) is 1.58. The van der Waals surface area contributed by atoms with Crippen LogP contribution in [-0.2, 0) is 4.79 Å². The van der Waals surface area contributed by atoms with Crippen LogP contribution in [0.3, 0.4) is 0 Å². The zero-order valence-electron chi connectivity index (χ0n) is 11.3. The number of carbonyl (C=O) groups is 1. The normalized spacial score (nSPS) is 19.5. The molecule has 0 spiro atoms. The molecule has 1 aromatic heterocycles. The van der Waals surface area contributed by atoms with E-state index in [2.05, 4.69) is 0 Å². The smallest absolute Gasteiger partial charge is 0.246 e. The van der Waals surface area contributed by atoms with E-state index in [1.807, 2.05) is 24.0 Å². The van der Waals surface area contributed by atoms with Gasteiger partial charge in [-0.2, -0.15) is 0 Å². The molecule has 1 fully saturated rings. The molecule has 1 aliphatic heterocycles. The van der Waals surface area contributed by atoms with Gasteiger partial charge in [-0.05, 0) is 50.8 Å². The zero-order valence-corrected chi connectivity index (χ0v) is 11.3. The molecule has 1 unspecified atom stereocenters. The van der Waals surface area contributed by atoms with Crippen molar-refractivity contribution in [2.24, 2.45) is 0 Å². The Balaban J connectivity index is 1.93. The van der Waals surface area contributed by atoms with Gasteiger partial charge in [0, 0.05) is 25.3 Å². The minimum atomic E-state index is 0.0366. The topological polar surface area (TPSA) is 53.7 Å². The molecule has 1 saturated heterocycles. The first-order valence-corrected chi connectivity index (χ1v) is 6.86. The molecule has 104 valence electrons. The second-order valence-electron chi connectivity index (χ2n) is 4.98. The number of hydrogen-bond donors (Lipinski definition) is 1. The van der Waals surface area contributed by atoms with Crippen LogP contribution >= 0.6 is 0 Å². The highest BCUT2D eigenvalue weighted by atomic mass is 16.3. The van der Waals surface area contributed by atoms with E-state index < -0.39 is 0 Å². The van der Waals surface area contributed by atoms with Gasteiger partial charge in [0.05, 0.1) is 0 Å². The van der Waals surface area contributed by atoms with Crippen molar-refractivity contribution in [3.05, 3.63) is 29.7 Å². The van der Waals surface area contributed by atoms with Crippen molar-refractivity contribution < 1.29 is 14.3 Å². The number of nitrogens with zero attached hydrogens (tertiary/aromatic N) is 1. The predicted molar refractivity (Wildman–Crippen MR) is 73.5 cm³/mol. The molecule has 0 saturated carbocycles. The lowest BCUT2D eigenvalue weighted by molar-refractivity contribution is -0.126. The van der Waals surface area contributed by atoms with Crippen LogP contribution in [0.1, 0.15) is 37.2 Å². The molecule has 0 radical (unpaired) electrons. The fraction of sp³-hybridized carbons (Fsp3) is 0.533. The number of aliphatic hydroxyl groups excluding tert-OH is 1. The summed E-state index contributed by atoms with van der Waals surface area (Å²) in [6, 6.07) is 4.01. The molecule has 0 aromatic carbocycles. The SMILES string of the molecule is Cc1ccc(C=CC(=O)N2CCCC2CCCO)o1. The molecule has 1 aliphatic rings. The zero-order chi connectivity index (χ0) is 13.7. The van der Waals surface area contributed by atoms with Crippen LogP contribution in [0.4, 0.5) is 0 Å². The van der Waals surface area contributed by atoms with Crippen LogP contribution in [0.25, 0.3) is 6.08 Å². The maximum Gasteiger partial charge on any atom is 0.246 e. The second kappa shape index (κ2) is 6.57. The lowest BCUT2D eigenvalue weighted by Gasteiger charge is -2.23. The van der Waals surface area contributed by atoms with E-state index in [0.717, 1.165) is 38.0 Å². The summed E-state index contributed by atoms with van der Waals surface area (Å²) in [6.07, 6.45) is 7.03. The van der Waals surface area contributed by atoms with E-state index in [-0.39, 0.29) is 18.6 Å². The number of rotatable bonds is 5. The van der Waals surface area contributed by atoms with Gasteiger partial charge in [-0.25, -0.2) is 0 Å². The van der Waals surface area contributed by atoms with Crippen LogP contribution in [0.15, 0.2) is 22.6 Å². The van der Waals surface area contributed by atoms with Crippen molar-refractivity contribution in [1.29, 1.82) is 0 Å². The lowest BCUT2D eigenvalue weighted by Crippen LogP contribution is -2.34. The minimum absolute atomic E-state index is 0.0366. The Morgan fingerprint density at radius 3 is 3.11 bits per heavy atom. The second-order valence-corrected chi connectivity index (χ2v) is 4.98. The summed E-state index contributed by atoms with van der Waals surface area (Å²) >= 11 is 0. The average molecular weight is 263 g/mol. The Labute approximate surface area is 113 Å². The number of hydrogen-bond acceptors (Lipinski definition) is 3. The first-order valence-electron chi connectivity index (χ1n) is 6.86. The summed E-state index contributed by atoms with van der Waals surface area (Å²) < 4.78 is 5.40. The Kier molecular flexibility index (Phi) is 4.80. The molecular weight excluding hydrogens is 242 g/mol. The molecule has 2 rings (SSSR count). The van der Waals surface area contributed by atoms with Crippen molar-refractivity contribution >= 4 is 12.0 Å². The summed E-state index contributed by atoms with van der Waals surface area (Å²) in [6.45, 7) is 2.89. The van der Waals surface area contributed by atoms with Gasteiger partial charge in [0.2, 0.25) is 5.91 Å². The molecule has 4 heteroatoms. The Morgan fingerprint density at radius 1 is 1.58 bits per heavy atom. The third-order valence-corrected chi connectivity index (χ3v) is 3.51. The molecular formula is C15H21NO3. The molecule has 2 heterocycles. The van der Waals surface area contributed by atoms with Crippen molar-refractivity contribution in [3.63, 3.8) is 0 Å². The number of carbonyl (C=O) groups excluding carboxylic acids is 1. The standard InChI is InChI=1S/C15H21NO3/c1-12-6-7-14(19-12)8-9-15(18)16-10-2-4-13(16)5-3-11-17/h6-9,13,17H,2-5,10-11H2,1H3. The van der Waals surface area contributed by atoms with Crippen LogP contribution in [-0.4, -0.2) is 35.1 Å². The minimum Gasteiger partial charge on any atom is -0.462 e. The quantitative estimate of drug-likeness (QED) is 0.830. The van der Waals surface area contributed by atoms with Crippen LogP contribution in [0, 0.1) is 6.92 Å². The van der Waals surface area contributed by atoms with Gasteiger partial charge in [0.15, 0.2) is 0 Å². The van der Waals surface area contributed by atoms with Gasteiger partial charge >= 0.3 is 0 Å². The highest BCUT2D eigenvalue weighted by molar-refractivity contribution is 5.91. The molecule has 1 atom stereocenters. The molecule has 1 N–H and O–H groups in total. The van der Waals surface area contributed by atoms with Gasteiger partial charge in [0.25, 0.3) is 0 Å². The largest absolute Gasteiger partial charge is 0.462 e. The van der Waals surface area contributed by atoms with Crippen LogP contribution < -0.4 is 0 Å². The third kappa shape index (κ3) is 3.70. The molecule has 19 heavy (non-hydrogen) atoms. The van der Waals surface area contributed by atoms with Gasteiger partial charge in [-0.3, -0.25) is 4.79 Å². The maximum atomic E-state index is 12.1. The fourth-order valence-corrected chi connectivity index (χ4v) is 2.55. The van der Waals surface area contributed by atoms with E-state index >= 15 is 0 Å². The van der Waals surface area contributed by atoms with E-state index in [9.17, 15) is 4.79 Å². The molecule has 1 aromatic rings. The van der Waals surface area contributed by atoms with Gasteiger partial charge in [-0.15, -0.1) is 0 Å². The summed E-state index contributed by atoms with van der Waals surface area (Å²) in [5, 5.41) is 8.88. The van der Waals surface area contributed by atoms with Gasteiger partial charge in [-0.1, -0.05) is 0 Å². The van der Waals surface area contributed by atoms with E-state index in [0.29, 0.717) is 5.76 Å². The number of aryl methyl sites for hydroxylation is 1. The van der Waals surface area contributed by atoms with Crippen molar-refractivity contribution in [2.75, 3.05) is 13.2 Å². The maximum absolute atomic E-state index is 12.1. The van der Waals surface area contributed by atoms with E-state index in [4.69, 9.17) is 9.52 Å². The summed E-state index contributed by atoms with van der Waals surface area (Å²) in [4.78, 5) is 14.0. The summed E-state index contributed by atoms with van der Waals surface area (Å²) in [5.41, 5.74) is 0. The van der Waals surface area contributed by atoms with Crippen molar-refractivity contribution in [1.82, 2.24) is 4.90 Å². The number of aliphatic hydroxyl groups is 1. The van der Waals surface area contributed by atoms with E-state index in [1.54, 1.807) is 12.2 Å². The van der Waals surface area contributed by atoms with Crippen molar-refractivity contribution in [3.8, 4) is 0 Å². The van der Waals surface area contributed by atoms with Crippen molar-refractivity contribution in [2.45, 2.75) is 38.6 Å². The van der Waals surface area contributed by atoms with Crippen LogP contribution in [0.2, 0.25) is 0 Å². The molecule has 4 nitrogen and oxygen atoms in total. The Bertz CT molecular complexity index is 450. The summed E-state index contributed by atoms with van der Waals surface area (Å²) in [7, 11) is 0. The molecule has 0 bridgehead atoms. The number of amides is 1. The fourth-order valence-electron chi connectivity index (χ4n) is 2.55. The number of likely N-dealkylation sites (tertiary alicyclic amines) is 1. The van der Waals surface area contributed by atoms with Gasteiger partial charge in [0.1, 0.15) is 11.5 Å². The van der Waals surface area contributed by atoms with Gasteiger partial charge < -0.3 is 14.4 Å². The lowest BCUT2D eigenvalue weighted by atomic mass is 10.1. The Hall–Kier alpha value is -1.55. The predicted octanol–water partition coefficient (Wildman–Crippen LogP) is 2.36. The number of furan rings is 1. The molecule has 1 amide bonds. The Morgan fingerprint density at radius 2 is 2.42 bits per heavy atom. The first kappa shape index (κ1) is 13.9. The average Bonchev–Trinajstić information content (AvgIpc) is 3.02. The van der Waals surface area contributed by atoms with E-state index in [1.165, 1.54) is 0 Å². The van der Waals surface area contributed by atoms with Crippen LogP contribution in [0.5, 0.6) is 0 Å². The monoisotopic (exact) mass is 263 g/mol. The highest BCUT2D eigenvalue weighted by Gasteiger charge is 2.26.